The van der Waals surface area contributed by atoms with E-state index in [0.717, 1.165) is 0 Å². The van der Waals surface area contributed by atoms with Crippen LogP contribution in [0.1, 0.15) is 0 Å². The molecule has 10 heavy (non-hydrogen) atoms. The second-order valence-corrected chi connectivity index (χ2v) is 2.59. The van der Waals surface area contributed by atoms with Crippen LogP contribution >= 0.6 is 0 Å². The van der Waals surface area contributed by atoms with Crippen LogP contribution < -0.4 is 5.32 Å². The lowest BCUT2D eigenvalue weighted by Gasteiger charge is -2.19. The normalized spacial score (nSPS) is 21.9. The molecule has 0 saturated carbocycles. The maximum atomic E-state index is 11.0. The molecule has 0 fully saturated rings. The Kier molecular flexibility index (Phi) is 1.40. The highest BCUT2D eigenvalue weighted by Gasteiger charge is 2.38. The van der Waals surface area contributed by atoms with E-state index in [1.54, 1.807) is 27.4 Å². The van der Waals surface area contributed by atoms with Gasteiger partial charge in [-0.15, -0.1) is 0 Å². The molecule has 4 heteroatoms. The summed E-state index contributed by atoms with van der Waals surface area (Å²) in [6.07, 6.45) is 1.57. The molecule has 0 bridgehead atoms. The molecule has 0 saturated heterocycles. The summed E-state index contributed by atoms with van der Waals surface area (Å²) in [6, 6.07) is -0.0724. The van der Waals surface area contributed by atoms with E-state index in [0.29, 0.717) is 5.88 Å². The Bertz CT molecular complexity index is 196. The second kappa shape index (κ2) is 1.98. The highest BCUT2D eigenvalue weighted by molar-refractivity contribution is 5.71. The topological polar surface area (TPSA) is 38.3 Å². The smallest absolute Gasteiger partial charge is 0.428 e. The van der Waals surface area contributed by atoms with Crippen molar-refractivity contribution in [2.24, 2.45) is 0 Å². The van der Waals surface area contributed by atoms with Crippen LogP contribution in [0.4, 0.5) is 4.79 Å². The molecule has 1 rings (SSSR count). The van der Waals surface area contributed by atoms with Gasteiger partial charge in [-0.2, -0.15) is 4.48 Å². The average Bonchev–Trinajstić information content (AvgIpc) is 2.10. The molecule has 1 aliphatic heterocycles. The van der Waals surface area contributed by atoms with Crippen LogP contribution in [-0.2, 0) is 4.74 Å². The summed E-state index contributed by atoms with van der Waals surface area (Å²) in [6.45, 7) is 0. The van der Waals surface area contributed by atoms with E-state index >= 15 is 0 Å². The van der Waals surface area contributed by atoms with Crippen LogP contribution in [0, 0.1) is 0 Å². The highest BCUT2D eigenvalue weighted by atomic mass is 16.5. The Morgan fingerprint density at radius 1 is 1.60 bits per heavy atom. The van der Waals surface area contributed by atoms with Gasteiger partial charge < -0.3 is 4.74 Å². The summed E-state index contributed by atoms with van der Waals surface area (Å²) >= 11 is 0. The van der Waals surface area contributed by atoms with E-state index in [2.05, 4.69) is 5.32 Å². The molecule has 0 radical (unpaired) electrons. The molecule has 56 valence electrons. The van der Waals surface area contributed by atoms with E-state index < -0.39 is 0 Å². The van der Waals surface area contributed by atoms with Crippen LogP contribution in [-0.4, -0.2) is 31.7 Å². The van der Waals surface area contributed by atoms with Crippen molar-refractivity contribution in [3.63, 3.8) is 0 Å². The first-order valence-electron chi connectivity index (χ1n) is 2.99. The molecule has 1 N–H and O–H groups in total. The molecule has 0 aromatic carbocycles. The predicted molar refractivity (Wildman–Crippen MR) is 35.7 cm³/mol. The maximum absolute atomic E-state index is 11.0. The van der Waals surface area contributed by atoms with Gasteiger partial charge in [0.15, 0.2) is 0 Å². The first kappa shape index (κ1) is 7.08. The number of hydrogen-bond donors (Lipinski definition) is 1. The van der Waals surface area contributed by atoms with Gasteiger partial charge in [-0.3, -0.25) is 5.32 Å². The van der Waals surface area contributed by atoms with Crippen LogP contribution in [0.2, 0.25) is 0 Å². The number of quaternary nitrogens is 1. The van der Waals surface area contributed by atoms with Gasteiger partial charge in [0.1, 0.15) is 6.20 Å². The van der Waals surface area contributed by atoms with E-state index in [4.69, 9.17) is 4.74 Å². The minimum atomic E-state index is -0.0724. The number of rotatable bonds is 1. The fourth-order valence-corrected chi connectivity index (χ4v) is 0.833. The standard InChI is InChI=1S/C6H10N2O2/c1-8(2)5(10-3)4-7-6(8)9/h4H,1-3H3/p+1. The molecular weight excluding hydrogens is 132 g/mol. The molecule has 0 spiro atoms. The number of carbonyl (C=O) groups is 1. The fraction of sp³-hybridized carbons (Fsp3) is 0.500. The monoisotopic (exact) mass is 143 g/mol. The van der Waals surface area contributed by atoms with Crippen molar-refractivity contribution in [2.75, 3.05) is 21.2 Å². The van der Waals surface area contributed by atoms with Crippen molar-refractivity contribution in [3.8, 4) is 0 Å². The van der Waals surface area contributed by atoms with E-state index in [-0.39, 0.29) is 10.5 Å². The van der Waals surface area contributed by atoms with Gasteiger partial charge in [-0.05, 0) is 0 Å². The zero-order chi connectivity index (χ0) is 7.78. The van der Waals surface area contributed by atoms with Crippen LogP contribution in [0.25, 0.3) is 0 Å². The lowest BCUT2D eigenvalue weighted by atomic mass is 10.6. The number of nitrogens with one attached hydrogen (secondary N) is 1. The van der Waals surface area contributed by atoms with Gasteiger partial charge in [0.25, 0.3) is 0 Å². The van der Waals surface area contributed by atoms with Crippen LogP contribution in [0.5, 0.6) is 0 Å². The molecule has 0 aromatic heterocycles. The quantitative estimate of drug-likeness (QED) is 0.534. The Hall–Kier alpha value is -1.03. The third-order valence-electron chi connectivity index (χ3n) is 1.59. The maximum Gasteiger partial charge on any atom is 0.428 e. The molecule has 1 heterocycles. The Morgan fingerprint density at radius 3 is 2.40 bits per heavy atom. The Morgan fingerprint density at radius 2 is 2.20 bits per heavy atom. The first-order valence-corrected chi connectivity index (χ1v) is 2.99. The molecule has 0 unspecified atom stereocenters. The van der Waals surface area contributed by atoms with Crippen molar-refractivity contribution in [1.82, 2.24) is 5.32 Å². The summed E-state index contributed by atoms with van der Waals surface area (Å²) in [7, 11) is 5.07. The average molecular weight is 143 g/mol. The summed E-state index contributed by atoms with van der Waals surface area (Å²) in [4.78, 5) is 11.0. The Labute approximate surface area is 59.7 Å². The fourth-order valence-electron chi connectivity index (χ4n) is 0.833. The first-order chi connectivity index (χ1) is 4.59. The number of ether oxygens (including phenoxy) is 1. The summed E-state index contributed by atoms with van der Waals surface area (Å²) < 4.78 is 5.08. The number of methoxy groups -OCH3 is 1. The van der Waals surface area contributed by atoms with Gasteiger partial charge in [0, 0.05) is 0 Å². The van der Waals surface area contributed by atoms with E-state index in [1.165, 1.54) is 0 Å². The summed E-state index contributed by atoms with van der Waals surface area (Å²) in [5.74, 6) is 0.630. The molecule has 2 amide bonds. The van der Waals surface area contributed by atoms with E-state index in [9.17, 15) is 4.79 Å². The summed E-state index contributed by atoms with van der Waals surface area (Å²) in [5.41, 5.74) is 0. The van der Waals surface area contributed by atoms with Crippen LogP contribution in [0.3, 0.4) is 0 Å². The number of hydrogen-bond acceptors (Lipinski definition) is 2. The third kappa shape index (κ3) is 0.769. The SMILES string of the molecule is COC1=CNC(=O)[N+]1(C)C. The molecule has 0 atom stereocenters. The predicted octanol–water partition coefficient (Wildman–Crippen LogP) is 0.231. The molecule has 4 nitrogen and oxygen atoms in total. The molecular formula is C6H11N2O2+. The highest BCUT2D eigenvalue weighted by Crippen LogP contribution is 2.16. The zero-order valence-corrected chi connectivity index (χ0v) is 6.34. The number of nitrogens with zero attached hydrogens (tertiary/aromatic N) is 1. The van der Waals surface area contributed by atoms with Gasteiger partial charge in [-0.1, -0.05) is 0 Å². The van der Waals surface area contributed by atoms with Crippen LogP contribution in [0.15, 0.2) is 12.1 Å². The van der Waals surface area contributed by atoms with Crippen molar-refractivity contribution in [2.45, 2.75) is 0 Å². The number of carbonyl (C=O) groups excluding carboxylic acids is 1. The minimum Gasteiger partial charge on any atom is -0.454 e. The number of urea groups is 1. The third-order valence-corrected chi connectivity index (χ3v) is 1.59. The van der Waals surface area contributed by atoms with Crippen molar-refractivity contribution in [3.05, 3.63) is 12.1 Å². The summed E-state index contributed by atoms with van der Waals surface area (Å²) in [5, 5.41) is 2.56. The van der Waals surface area contributed by atoms with Crippen molar-refractivity contribution < 1.29 is 14.0 Å². The van der Waals surface area contributed by atoms with Gasteiger partial charge >= 0.3 is 11.9 Å². The molecule has 0 aliphatic carbocycles. The van der Waals surface area contributed by atoms with E-state index in [1.807, 2.05) is 0 Å². The zero-order valence-electron chi connectivity index (χ0n) is 6.34. The molecule has 0 aromatic rings. The Balaban J connectivity index is 2.87. The largest absolute Gasteiger partial charge is 0.454 e. The number of amides is 2. The minimum absolute atomic E-state index is 0.0724. The second-order valence-electron chi connectivity index (χ2n) is 2.59. The van der Waals surface area contributed by atoms with Gasteiger partial charge in [0.2, 0.25) is 0 Å². The van der Waals surface area contributed by atoms with Gasteiger partial charge in [-0.25, -0.2) is 4.79 Å². The van der Waals surface area contributed by atoms with Crippen molar-refractivity contribution >= 4 is 6.03 Å². The lowest BCUT2D eigenvalue weighted by Crippen LogP contribution is -2.43. The van der Waals surface area contributed by atoms with Gasteiger partial charge in [0.05, 0.1) is 21.2 Å². The van der Waals surface area contributed by atoms with Crippen molar-refractivity contribution in [1.29, 1.82) is 0 Å². The lowest BCUT2D eigenvalue weighted by molar-refractivity contribution is -0.781. The molecule has 1 aliphatic rings.